The van der Waals surface area contributed by atoms with E-state index in [0.29, 0.717) is 18.7 Å². The van der Waals surface area contributed by atoms with Crippen molar-refractivity contribution >= 4 is 27.3 Å². The van der Waals surface area contributed by atoms with Crippen molar-refractivity contribution in [3.63, 3.8) is 0 Å². The summed E-state index contributed by atoms with van der Waals surface area (Å²) < 4.78 is 20.9. The highest BCUT2D eigenvalue weighted by Gasteiger charge is 2.40. The molecule has 0 unspecified atom stereocenters. The van der Waals surface area contributed by atoms with Gasteiger partial charge in [0.15, 0.2) is 0 Å². The van der Waals surface area contributed by atoms with Gasteiger partial charge in [-0.2, -0.15) is 0 Å². The average Bonchev–Trinajstić information content (AvgIpc) is 3.40. The number of carbonyl (C=O) groups is 1. The van der Waals surface area contributed by atoms with Gasteiger partial charge in [-0.3, -0.25) is 4.79 Å². The Bertz CT molecular complexity index is 1230. The Kier molecular flexibility index (Phi) is 6.18. The second-order valence-electron chi connectivity index (χ2n) is 10.2. The van der Waals surface area contributed by atoms with Crippen LogP contribution in [0.1, 0.15) is 33.1 Å². The molecule has 2 fully saturated rings. The van der Waals surface area contributed by atoms with Crippen LogP contribution < -0.4 is 20.7 Å². The molecule has 11 heteroatoms. The summed E-state index contributed by atoms with van der Waals surface area (Å²) in [5.41, 5.74) is 7.01. The highest BCUT2D eigenvalue weighted by Crippen LogP contribution is 2.35. The van der Waals surface area contributed by atoms with Crippen LogP contribution in [0.3, 0.4) is 0 Å². The van der Waals surface area contributed by atoms with E-state index < -0.39 is 5.54 Å². The fourth-order valence-corrected chi connectivity index (χ4v) is 5.93. The molecule has 3 aromatic rings. The van der Waals surface area contributed by atoms with Crippen LogP contribution in [-0.2, 0) is 4.79 Å². The minimum absolute atomic E-state index is 0.0762. The van der Waals surface area contributed by atoms with Gasteiger partial charge in [0.05, 0.1) is 19.0 Å². The topological polar surface area (TPSA) is 101 Å². The average molecular weight is 502 g/mol. The minimum atomic E-state index is -0.502. The monoisotopic (exact) mass is 501 g/mol. The van der Waals surface area contributed by atoms with Crippen molar-refractivity contribution in [2.45, 2.75) is 44.2 Å². The molecule has 3 N–H and O–H groups in total. The summed E-state index contributed by atoms with van der Waals surface area (Å²) in [5, 5.41) is 9.43. The number of imidazole rings is 1. The number of halogens is 1. The summed E-state index contributed by atoms with van der Waals surface area (Å²) in [6.07, 6.45) is 3.94. The lowest BCUT2D eigenvalue weighted by molar-refractivity contribution is -0.134. The third kappa shape index (κ3) is 4.85. The Morgan fingerprint density at radius 1 is 1.31 bits per heavy atom. The molecule has 2 saturated heterocycles. The molecule has 2 aliphatic heterocycles. The number of hydrogen-bond acceptors (Lipinski definition) is 8. The third-order valence-corrected chi connectivity index (χ3v) is 7.82. The van der Waals surface area contributed by atoms with Crippen LogP contribution in [0.25, 0.3) is 16.2 Å². The van der Waals surface area contributed by atoms with Crippen molar-refractivity contribution in [2.24, 2.45) is 5.73 Å². The van der Waals surface area contributed by atoms with Crippen LogP contribution >= 0.6 is 11.3 Å². The maximum absolute atomic E-state index is 13.7. The first-order chi connectivity index (χ1) is 16.7. The number of nitrogens with one attached hydrogen (secondary N) is 1. The molecule has 0 aliphatic carbocycles. The lowest BCUT2D eigenvalue weighted by atomic mass is 9.85. The normalized spacial score (nSPS) is 18.4. The smallest absolute Gasteiger partial charge is 0.224 e. The summed E-state index contributed by atoms with van der Waals surface area (Å²) in [6, 6.07) is 4.47. The fraction of sp³-hybridized carbons (Fsp3) is 0.542. The van der Waals surface area contributed by atoms with E-state index in [1.807, 2.05) is 18.7 Å². The lowest BCUT2D eigenvalue weighted by Gasteiger charge is -2.48. The van der Waals surface area contributed by atoms with Crippen molar-refractivity contribution in [3.8, 4) is 17.0 Å². The number of piperidine rings is 1. The molecular weight excluding hydrogens is 469 g/mol. The Balaban J connectivity index is 1.30. The predicted molar refractivity (Wildman–Crippen MR) is 134 cm³/mol. The van der Waals surface area contributed by atoms with Crippen LogP contribution in [0.5, 0.6) is 5.75 Å². The molecule has 0 radical (unpaired) electrons. The molecule has 0 saturated carbocycles. The van der Waals surface area contributed by atoms with Crippen molar-refractivity contribution < 1.29 is 13.9 Å². The maximum atomic E-state index is 13.7. The number of nitrogens with two attached hydrogens (primary N) is 1. The summed E-state index contributed by atoms with van der Waals surface area (Å²) in [5.74, 6) is 0.225. The molecule has 2 aromatic heterocycles. The van der Waals surface area contributed by atoms with Crippen LogP contribution in [0.15, 0.2) is 24.4 Å². The van der Waals surface area contributed by atoms with E-state index in [2.05, 4.69) is 15.2 Å². The molecule has 1 aromatic carbocycles. The van der Waals surface area contributed by atoms with Gasteiger partial charge in [-0.1, -0.05) is 11.3 Å². The van der Waals surface area contributed by atoms with Gasteiger partial charge in [0.25, 0.3) is 0 Å². The number of methoxy groups -OCH3 is 1. The molecule has 1 amide bonds. The first-order valence-corrected chi connectivity index (χ1v) is 12.7. The Morgan fingerprint density at radius 2 is 2.09 bits per heavy atom. The van der Waals surface area contributed by atoms with Gasteiger partial charge in [0, 0.05) is 61.9 Å². The second kappa shape index (κ2) is 9.03. The zero-order chi connectivity index (χ0) is 24.8. The van der Waals surface area contributed by atoms with Gasteiger partial charge in [-0.25, -0.2) is 13.9 Å². The summed E-state index contributed by atoms with van der Waals surface area (Å²) >= 11 is 1.54. The van der Waals surface area contributed by atoms with Gasteiger partial charge in [0.1, 0.15) is 11.6 Å². The minimum Gasteiger partial charge on any atom is -0.496 e. The largest absolute Gasteiger partial charge is 0.496 e. The molecular formula is C24H32FN7O2S. The second-order valence-corrected chi connectivity index (χ2v) is 11.2. The molecule has 2 aliphatic rings. The number of carbonyl (C=O) groups excluding carboxylic acids is 1. The summed E-state index contributed by atoms with van der Waals surface area (Å²) in [7, 11) is 1.53. The highest BCUT2D eigenvalue weighted by atomic mass is 32.1. The molecule has 5 rings (SSSR count). The number of aromatic nitrogens is 3. The van der Waals surface area contributed by atoms with Crippen LogP contribution in [0.4, 0.5) is 9.52 Å². The fourth-order valence-electron chi connectivity index (χ4n) is 5.00. The van der Waals surface area contributed by atoms with Gasteiger partial charge in [-0.15, -0.1) is 5.10 Å². The lowest BCUT2D eigenvalue weighted by Crippen LogP contribution is -2.65. The van der Waals surface area contributed by atoms with Crippen molar-refractivity contribution in [2.75, 3.05) is 44.7 Å². The molecule has 9 nitrogen and oxygen atoms in total. The summed E-state index contributed by atoms with van der Waals surface area (Å²) in [6.45, 7) is 7.69. The van der Waals surface area contributed by atoms with E-state index in [9.17, 15) is 9.18 Å². The number of anilines is 1. The molecule has 188 valence electrons. The molecule has 35 heavy (non-hydrogen) atoms. The molecule has 1 spiro atoms. The summed E-state index contributed by atoms with van der Waals surface area (Å²) in [4.78, 5) is 22.3. The van der Waals surface area contributed by atoms with Gasteiger partial charge >= 0.3 is 0 Å². The standard InChI is InChI=1S/C24H32FN7O2S/c1-23(2,26)13-20(33)31-11-8-28-24(15-31)6-9-30(10-7-24)22-29-32-18(14-27-21(32)35-22)17-5-4-16(25)12-19(17)34-3/h4-5,12,14,28H,6-11,13,15,26H2,1-3H3. The van der Waals surface area contributed by atoms with Crippen LogP contribution in [-0.4, -0.2) is 76.3 Å². The molecule has 4 heterocycles. The zero-order valence-corrected chi connectivity index (χ0v) is 21.2. The molecule has 0 atom stereocenters. The zero-order valence-electron chi connectivity index (χ0n) is 20.4. The van der Waals surface area contributed by atoms with E-state index in [4.69, 9.17) is 15.6 Å². The number of piperazine rings is 1. The SMILES string of the molecule is COc1cc(F)ccc1-c1cnc2sc(N3CCC4(CC3)CN(C(=O)CC(C)(C)N)CCN4)nn12. The Morgan fingerprint density at radius 3 is 2.80 bits per heavy atom. The van der Waals surface area contributed by atoms with Gasteiger partial charge in [-0.05, 0) is 38.8 Å². The van der Waals surface area contributed by atoms with E-state index in [1.165, 1.54) is 30.6 Å². The quantitative estimate of drug-likeness (QED) is 0.554. The van der Waals surface area contributed by atoms with Crippen molar-refractivity contribution in [3.05, 3.63) is 30.2 Å². The van der Waals surface area contributed by atoms with Crippen LogP contribution in [0, 0.1) is 5.82 Å². The van der Waals surface area contributed by atoms with E-state index in [1.54, 1.807) is 16.8 Å². The Hall–Kier alpha value is -2.76. The van der Waals surface area contributed by atoms with Crippen molar-refractivity contribution in [1.29, 1.82) is 0 Å². The van der Waals surface area contributed by atoms with Gasteiger partial charge in [0.2, 0.25) is 16.0 Å². The van der Waals surface area contributed by atoms with E-state index >= 15 is 0 Å². The van der Waals surface area contributed by atoms with E-state index in [0.717, 1.165) is 60.4 Å². The number of rotatable bonds is 5. The first kappa shape index (κ1) is 24.0. The van der Waals surface area contributed by atoms with Crippen molar-refractivity contribution in [1.82, 2.24) is 24.8 Å². The van der Waals surface area contributed by atoms with E-state index in [-0.39, 0.29) is 17.3 Å². The number of amides is 1. The number of nitrogens with zero attached hydrogens (tertiary/aromatic N) is 5. The number of benzene rings is 1. The van der Waals surface area contributed by atoms with Gasteiger partial charge < -0.3 is 25.6 Å². The highest BCUT2D eigenvalue weighted by molar-refractivity contribution is 7.20. The third-order valence-electron chi connectivity index (χ3n) is 6.84. The Labute approximate surface area is 208 Å². The maximum Gasteiger partial charge on any atom is 0.224 e. The number of hydrogen-bond donors (Lipinski definition) is 2. The number of fused-ring (bicyclic) bond motifs is 1. The number of ether oxygens (including phenoxy) is 1. The molecule has 0 bridgehead atoms. The van der Waals surface area contributed by atoms with Crippen LogP contribution in [0.2, 0.25) is 0 Å². The predicted octanol–water partition coefficient (Wildman–Crippen LogP) is 2.50. The first-order valence-electron chi connectivity index (χ1n) is 11.9.